The Bertz CT molecular complexity index is 2000. The molecular weight excluding hydrogens is 656 g/mol. The molecular formula is C37H43ClN8O4. The van der Waals surface area contributed by atoms with Crippen molar-refractivity contribution in [2.24, 2.45) is 0 Å². The summed E-state index contributed by atoms with van der Waals surface area (Å²) >= 11 is 6.35. The zero-order chi connectivity index (χ0) is 35.0. The highest BCUT2D eigenvalue weighted by molar-refractivity contribution is 6.32. The van der Waals surface area contributed by atoms with Crippen molar-refractivity contribution in [3.8, 4) is 17.2 Å². The van der Waals surface area contributed by atoms with Gasteiger partial charge >= 0.3 is 6.03 Å². The SMILES string of the molecule is CC1CCCN1c1nnc2ccc(O[C@@H]3CC[C@H](NC(=O)Nc4cc(C(C)(C)C)nn4-c4ccc(Cl)c(OCCO)c4)c4ccccc43)cn12. The number of nitrogens with one attached hydrogen (secondary N) is 2. The van der Waals surface area contributed by atoms with E-state index in [1.165, 1.54) is 0 Å². The Kier molecular flexibility index (Phi) is 9.32. The van der Waals surface area contributed by atoms with Crippen LogP contribution in [-0.4, -0.2) is 61.3 Å². The topological polar surface area (TPSA) is 131 Å². The highest BCUT2D eigenvalue weighted by Gasteiger charge is 2.31. The van der Waals surface area contributed by atoms with Gasteiger partial charge < -0.3 is 24.8 Å². The van der Waals surface area contributed by atoms with Crippen molar-refractivity contribution in [3.05, 3.63) is 88.7 Å². The van der Waals surface area contributed by atoms with E-state index in [0.29, 0.717) is 41.2 Å². The van der Waals surface area contributed by atoms with E-state index in [1.54, 1.807) is 16.8 Å². The fraction of sp³-hybridized carbons (Fsp3) is 0.405. The number of halogens is 1. The van der Waals surface area contributed by atoms with Crippen molar-refractivity contribution in [2.75, 3.05) is 30.0 Å². The number of benzene rings is 2. The number of nitrogens with zero attached hydrogens (tertiary/aromatic N) is 6. The second-order valence-electron chi connectivity index (χ2n) is 14.0. The number of pyridine rings is 1. The van der Waals surface area contributed by atoms with Gasteiger partial charge in [-0.1, -0.05) is 56.6 Å². The Morgan fingerprint density at radius 3 is 2.62 bits per heavy atom. The van der Waals surface area contributed by atoms with Crippen molar-refractivity contribution in [1.82, 2.24) is 29.7 Å². The highest BCUT2D eigenvalue weighted by Crippen LogP contribution is 2.39. The highest BCUT2D eigenvalue weighted by atomic mass is 35.5. The summed E-state index contributed by atoms with van der Waals surface area (Å²) < 4.78 is 15.9. The lowest BCUT2D eigenvalue weighted by atomic mass is 9.85. The number of aromatic nitrogens is 5. The molecule has 7 rings (SSSR count). The number of carbonyl (C=O) groups excluding carboxylic acids is 1. The van der Waals surface area contributed by atoms with Crippen molar-refractivity contribution >= 4 is 35.0 Å². The molecule has 2 aliphatic rings. The summed E-state index contributed by atoms with van der Waals surface area (Å²) in [6.07, 6.45) is 5.49. The van der Waals surface area contributed by atoms with E-state index in [1.807, 2.05) is 47.0 Å². The number of amides is 2. The van der Waals surface area contributed by atoms with E-state index in [-0.39, 0.29) is 36.8 Å². The van der Waals surface area contributed by atoms with E-state index in [2.05, 4.69) is 65.6 Å². The average Bonchev–Trinajstić information content (AvgIpc) is 3.83. The molecule has 262 valence electrons. The third-order valence-corrected chi connectivity index (χ3v) is 9.73. The lowest BCUT2D eigenvalue weighted by Gasteiger charge is -2.32. The first-order valence-electron chi connectivity index (χ1n) is 17.2. The van der Waals surface area contributed by atoms with Crippen molar-refractivity contribution in [2.45, 2.75) is 77.0 Å². The number of rotatable bonds is 9. The van der Waals surface area contributed by atoms with E-state index < -0.39 is 0 Å². The molecule has 3 atom stereocenters. The molecule has 0 spiro atoms. The monoisotopic (exact) mass is 698 g/mol. The molecule has 1 saturated heterocycles. The predicted molar refractivity (Wildman–Crippen MR) is 193 cm³/mol. The standard InChI is InChI=1S/C37H43ClN8O4/c1-23-8-7-17-44(23)36-42-41-33-16-12-25(22-45(33)36)50-30-15-14-29(26-9-5-6-10-27(26)30)39-35(48)40-34-21-32(37(2,3)4)43-46(34)24-11-13-28(38)31(20-24)49-19-18-47/h5-6,9-13,16,20-23,29-30,47H,7-8,14-15,17-19H2,1-4H3,(H2,39,40,48)/t23?,29-,30+/m0/s1. The molecule has 1 unspecified atom stereocenters. The van der Waals surface area contributed by atoms with E-state index in [0.717, 1.165) is 53.6 Å². The number of hydrogen-bond acceptors (Lipinski definition) is 8. The largest absolute Gasteiger partial charge is 0.490 e. The minimum Gasteiger partial charge on any atom is -0.490 e. The molecule has 4 heterocycles. The van der Waals surface area contributed by atoms with Gasteiger partial charge in [-0.2, -0.15) is 5.10 Å². The van der Waals surface area contributed by atoms with Crippen LogP contribution in [0, 0.1) is 0 Å². The maximum atomic E-state index is 13.6. The molecule has 3 N–H and O–H groups in total. The van der Waals surface area contributed by atoms with Crippen LogP contribution in [0.15, 0.2) is 66.9 Å². The summed E-state index contributed by atoms with van der Waals surface area (Å²) in [7, 11) is 0. The van der Waals surface area contributed by atoms with Crippen LogP contribution < -0.4 is 25.0 Å². The molecule has 0 radical (unpaired) electrons. The Labute approximate surface area is 296 Å². The van der Waals surface area contributed by atoms with Gasteiger partial charge in [0.15, 0.2) is 5.65 Å². The predicted octanol–water partition coefficient (Wildman–Crippen LogP) is 7.00. The van der Waals surface area contributed by atoms with Crippen LogP contribution in [-0.2, 0) is 5.41 Å². The lowest BCUT2D eigenvalue weighted by Crippen LogP contribution is -2.36. The van der Waals surface area contributed by atoms with Gasteiger partial charge in [0, 0.05) is 30.1 Å². The Morgan fingerprint density at radius 2 is 1.86 bits per heavy atom. The molecule has 0 bridgehead atoms. The number of hydrogen-bond donors (Lipinski definition) is 3. The molecule has 0 saturated carbocycles. The molecule has 5 aromatic rings. The van der Waals surface area contributed by atoms with Gasteiger partial charge in [-0.3, -0.25) is 9.72 Å². The molecule has 1 fully saturated rings. The number of anilines is 2. The third-order valence-electron chi connectivity index (χ3n) is 9.41. The molecule has 3 aromatic heterocycles. The summed E-state index contributed by atoms with van der Waals surface area (Å²) in [5, 5.41) is 29.6. The van der Waals surface area contributed by atoms with Gasteiger partial charge in [-0.05, 0) is 68.0 Å². The van der Waals surface area contributed by atoms with Crippen LogP contribution in [0.5, 0.6) is 11.5 Å². The minimum absolute atomic E-state index is 0.105. The third kappa shape index (κ3) is 6.82. The number of fused-ring (bicyclic) bond motifs is 2. The molecule has 2 amide bonds. The molecule has 12 nitrogen and oxygen atoms in total. The van der Waals surface area contributed by atoms with Crippen LogP contribution >= 0.6 is 11.6 Å². The number of urea groups is 1. The Balaban J connectivity index is 1.09. The Morgan fingerprint density at radius 1 is 1.04 bits per heavy atom. The summed E-state index contributed by atoms with van der Waals surface area (Å²) in [5.41, 5.74) is 4.03. The summed E-state index contributed by atoms with van der Waals surface area (Å²) in [5.74, 6) is 2.50. The van der Waals surface area contributed by atoms with E-state index in [9.17, 15) is 9.90 Å². The van der Waals surface area contributed by atoms with Gasteiger partial charge in [-0.25, -0.2) is 9.48 Å². The zero-order valence-electron chi connectivity index (χ0n) is 28.8. The van der Waals surface area contributed by atoms with Crippen LogP contribution in [0.2, 0.25) is 5.02 Å². The second-order valence-corrected chi connectivity index (χ2v) is 14.4. The minimum atomic E-state index is -0.349. The first kappa shape index (κ1) is 33.7. The van der Waals surface area contributed by atoms with Gasteiger partial charge in [0.1, 0.15) is 30.0 Å². The maximum absolute atomic E-state index is 13.6. The van der Waals surface area contributed by atoms with Crippen LogP contribution in [0.1, 0.15) is 82.3 Å². The number of aliphatic hydroxyl groups is 1. The van der Waals surface area contributed by atoms with Crippen molar-refractivity contribution in [1.29, 1.82) is 0 Å². The fourth-order valence-electron chi connectivity index (χ4n) is 6.78. The van der Waals surface area contributed by atoms with Crippen molar-refractivity contribution in [3.63, 3.8) is 0 Å². The summed E-state index contributed by atoms with van der Waals surface area (Å²) in [6, 6.07) is 19.0. The number of aliphatic hydroxyl groups excluding tert-OH is 1. The second kappa shape index (κ2) is 13.8. The summed E-state index contributed by atoms with van der Waals surface area (Å²) in [6.45, 7) is 9.35. The van der Waals surface area contributed by atoms with Crippen LogP contribution in [0.4, 0.5) is 16.6 Å². The zero-order valence-corrected chi connectivity index (χ0v) is 29.5. The van der Waals surface area contributed by atoms with Gasteiger partial charge in [0.05, 0.1) is 35.2 Å². The lowest BCUT2D eigenvalue weighted by molar-refractivity contribution is 0.171. The van der Waals surface area contributed by atoms with E-state index >= 15 is 0 Å². The first-order valence-corrected chi connectivity index (χ1v) is 17.6. The smallest absolute Gasteiger partial charge is 0.320 e. The first-order chi connectivity index (χ1) is 24.1. The number of ether oxygens (including phenoxy) is 2. The molecule has 50 heavy (non-hydrogen) atoms. The normalized spacial score (nSPS) is 19.0. The van der Waals surface area contributed by atoms with Gasteiger partial charge in [-0.15, -0.1) is 10.2 Å². The van der Waals surface area contributed by atoms with Gasteiger partial charge in [0.2, 0.25) is 5.95 Å². The fourth-order valence-corrected chi connectivity index (χ4v) is 6.95. The maximum Gasteiger partial charge on any atom is 0.320 e. The summed E-state index contributed by atoms with van der Waals surface area (Å²) in [4.78, 5) is 15.9. The Hall–Kier alpha value is -4.81. The van der Waals surface area contributed by atoms with Crippen LogP contribution in [0.25, 0.3) is 11.3 Å². The molecule has 1 aliphatic heterocycles. The van der Waals surface area contributed by atoms with Gasteiger partial charge in [0.25, 0.3) is 0 Å². The van der Waals surface area contributed by atoms with Crippen molar-refractivity contribution < 1.29 is 19.4 Å². The molecule has 13 heteroatoms. The quantitative estimate of drug-likeness (QED) is 0.150. The van der Waals surface area contributed by atoms with Crippen LogP contribution in [0.3, 0.4) is 0 Å². The average molecular weight is 699 g/mol. The number of carbonyl (C=O) groups is 1. The molecule has 1 aliphatic carbocycles. The van der Waals surface area contributed by atoms with E-state index in [4.69, 9.17) is 26.2 Å². The molecule has 2 aromatic carbocycles.